The molecule has 2 atom stereocenters. The van der Waals surface area contributed by atoms with Gasteiger partial charge < -0.3 is 11.1 Å². The summed E-state index contributed by atoms with van der Waals surface area (Å²) < 4.78 is 0. The lowest BCUT2D eigenvalue weighted by molar-refractivity contribution is -0.125. The standard InChI is InChI=1S/C12H22N2O.ClH/c13-8-10-6-3-7-11(10)14-12(15)9-4-1-2-5-9;/h9-11H,1-8,13H2,(H,14,15);1H. The monoisotopic (exact) mass is 246 g/mol. The molecule has 16 heavy (non-hydrogen) atoms. The second kappa shape index (κ2) is 6.45. The number of hydrogen-bond acceptors (Lipinski definition) is 2. The third kappa shape index (κ3) is 3.11. The summed E-state index contributed by atoms with van der Waals surface area (Å²) in [5, 5.41) is 3.20. The second-order valence-electron chi connectivity index (χ2n) is 5.02. The topological polar surface area (TPSA) is 55.1 Å². The Bertz CT molecular complexity index is 229. The van der Waals surface area contributed by atoms with E-state index in [4.69, 9.17) is 5.73 Å². The molecular formula is C12H23ClN2O. The van der Waals surface area contributed by atoms with Crippen molar-refractivity contribution in [3.8, 4) is 0 Å². The molecule has 0 spiro atoms. The Morgan fingerprint density at radius 1 is 1.12 bits per heavy atom. The van der Waals surface area contributed by atoms with Gasteiger partial charge in [-0.15, -0.1) is 12.4 Å². The fraction of sp³-hybridized carbons (Fsp3) is 0.917. The molecule has 1 amide bonds. The van der Waals surface area contributed by atoms with Crippen molar-refractivity contribution in [2.45, 2.75) is 51.0 Å². The van der Waals surface area contributed by atoms with E-state index in [-0.39, 0.29) is 18.3 Å². The predicted molar refractivity (Wildman–Crippen MR) is 67.5 cm³/mol. The number of carbonyl (C=O) groups excluding carboxylic acids is 1. The molecule has 2 aliphatic rings. The summed E-state index contributed by atoms with van der Waals surface area (Å²) in [4.78, 5) is 11.9. The highest BCUT2D eigenvalue weighted by Crippen LogP contribution is 2.28. The van der Waals surface area contributed by atoms with Crippen LogP contribution in [0.25, 0.3) is 0 Å². The van der Waals surface area contributed by atoms with E-state index in [0.29, 0.717) is 17.9 Å². The van der Waals surface area contributed by atoms with Crippen LogP contribution in [0.2, 0.25) is 0 Å². The highest BCUT2D eigenvalue weighted by Gasteiger charge is 2.30. The summed E-state index contributed by atoms with van der Waals surface area (Å²) in [6.45, 7) is 0.718. The number of carbonyl (C=O) groups is 1. The molecule has 0 aliphatic heterocycles. The summed E-state index contributed by atoms with van der Waals surface area (Å²) in [7, 11) is 0. The van der Waals surface area contributed by atoms with Crippen molar-refractivity contribution < 1.29 is 4.79 Å². The van der Waals surface area contributed by atoms with Gasteiger partial charge in [0.15, 0.2) is 0 Å². The van der Waals surface area contributed by atoms with Crippen LogP contribution in [0, 0.1) is 11.8 Å². The van der Waals surface area contributed by atoms with Crippen molar-refractivity contribution in [2.75, 3.05) is 6.54 Å². The van der Waals surface area contributed by atoms with Gasteiger partial charge in [-0.2, -0.15) is 0 Å². The molecule has 2 saturated carbocycles. The van der Waals surface area contributed by atoms with E-state index in [0.717, 1.165) is 25.8 Å². The first-order valence-corrected chi connectivity index (χ1v) is 6.31. The molecule has 0 bridgehead atoms. The van der Waals surface area contributed by atoms with Crippen molar-refractivity contribution >= 4 is 18.3 Å². The van der Waals surface area contributed by atoms with E-state index in [9.17, 15) is 4.79 Å². The maximum Gasteiger partial charge on any atom is 0.223 e. The first-order chi connectivity index (χ1) is 7.31. The van der Waals surface area contributed by atoms with Crippen LogP contribution < -0.4 is 11.1 Å². The fourth-order valence-electron chi connectivity index (χ4n) is 3.00. The van der Waals surface area contributed by atoms with Crippen molar-refractivity contribution in [1.82, 2.24) is 5.32 Å². The molecule has 4 heteroatoms. The van der Waals surface area contributed by atoms with Gasteiger partial charge in [0, 0.05) is 12.0 Å². The number of nitrogens with two attached hydrogens (primary N) is 1. The molecule has 0 aromatic heterocycles. The Balaban J connectivity index is 0.00000128. The van der Waals surface area contributed by atoms with Gasteiger partial charge in [0.1, 0.15) is 0 Å². The lowest BCUT2D eigenvalue weighted by Crippen LogP contribution is -2.42. The van der Waals surface area contributed by atoms with Gasteiger partial charge in [-0.3, -0.25) is 4.79 Å². The Hall–Kier alpha value is -0.280. The summed E-state index contributed by atoms with van der Waals surface area (Å²) in [5.41, 5.74) is 5.70. The van der Waals surface area contributed by atoms with Crippen molar-refractivity contribution in [3.63, 3.8) is 0 Å². The van der Waals surface area contributed by atoms with Crippen LogP contribution in [0.4, 0.5) is 0 Å². The number of amides is 1. The minimum absolute atomic E-state index is 0. The minimum Gasteiger partial charge on any atom is -0.353 e. The molecule has 3 N–H and O–H groups in total. The van der Waals surface area contributed by atoms with Gasteiger partial charge in [-0.25, -0.2) is 0 Å². The highest BCUT2D eigenvalue weighted by atomic mass is 35.5. The Labute approximate surface area is 104 Å². The van der Waals surface area contributed by atoms with E-state index in [2.05, 4.69) is 5.32 Å². The first kappa shape index (κ1) is 13.8. The summed E-state index contributed by atoms with van der Waals surface area (Å²) in [6, 6.07) is 0.364. The number of halogens is 1. The first-order valence-electron chi connectivity index (χ1n) is 6.31. The van der Waals surface area contributed by atoms with E-state index >= 15 is 0 Å². The Kier molecular flexibility index (Phi) is 5.56. The van der Waals surface area contributed by atoms with Crippen molar-refractivity contribution in [1.29, 1.82) is 0 Å². The van der Waals surface area contributed by atoms with Gasteiger partial charge in [-0.05, 0) is 38.1 Å². The van der Waals surface area contributed by atoms with Gasteiger partial charge in [-0.1, -0.05) is 19.3 Å². The van der Waals surface area contributed by atoms with E-state index < -0.39 is 0 Å². The summed E-state index contributed by atoms with van der Waals surface area (Å²) >= 11 is 0. The van der Waals surface area contributed by atoms with Gasteiger partial charge in [0.05, 0.1) is 0 Å². The zero-order valence-electron chi connectivity index (χ0n) is 9.78. The third-order valence-corrected chi connectivity index (χ3v) is 4.02. The maximum atomic E-state index is 11.9. The summed E-state index contributed by atoms with van der Waals surface area (Å²) in [6.07, 6.45) is 8.16. The second-order valence-corrected chi connectivity index (χ2v) is 5.02. The molecule has 0 radical (unpaired) electrons. The fourth-order valence-corrected chi connectivity index (χ4v) is 3.00. The molecule has 2 fully saturated rings. The van der Waals surface area contributed by atoms with Crippen LogP contribution in [-0.2, 0) is 4.79 Å². The maximum absolute atomic E-state index is 11.9. The van der Waals surface area contributed by atoms with Crippen LogP contribution in [0.3, 0.4) is 0 Å². The molecule has 2 aliphatic carbocycles. The molecule has 3 nitrogen and oxygen atoms in total. The van der Waals surface area contributed by atoms with Crippen LogP contribution in [0.15, 0.2) is 0 Å². The zero-order valence-corrected chi connectivity index (χ0v) is 10.6. The average molecular weight is 247 g/mol. The molecular weight excluding hydrogens is 224 g/mol. The highest BCUT2D eigenvalue weighted by molar-refractivity contribution is 5.85. The summed E-state index contributed by atoms with van der Waals surface area (Å²) in [5.74, 6) is 1.11. The number of rotatable bonds is 3. The molecule has 0 aromatic rings. The number of nitrogens with one attached hydrogen (secondary N) is 1. The smallest absolute Gasteiger partial charge is 0.223 e. The van der Waals surface area contributed by atoms with Crippen molar-refractivity contribution in [3.05, 3.63) is 0 Å². The van der Waals surface area contributed by atoms with Gasteiger partial charge in [0.25, 0.3) is 0 Å². The Morgan fingerprint density at radius 3 is 2.44 bits per heavy atom. The lowest BCUT2D eigenvalue weighted by Gasteiger charge is -2.21. The minimum atomic E-state index is 0. The molecule has 0 heterocycles. The van der Waals surface area contributed by atoms with Crippen molar-refractivity contribution in [2.24, 2.45) is 17.6 Å². The van der Waals surface area contributed by atoms with Crippen LogP contribution in [0.1, 0.15) is 44.9 Å². The largest absolute Gasteiger partial charge is 0.353 e. The Morgan fingerprint density at radius 2 is 1.81 bits per heavy atom. The zero-order chi connectivity index (χ0) is 10.7. The van der Waals surface area contributed by atoms with Gasteiger partial charge >= 0.3 is 0 Å². The van der Waals surface area contributed by atoms with Crippen LogP contribution in [0.5, 0.6) is 0 Å². The van der Waals surface area contributed by atoms with Crippen LogP contribution in [-0.4, -0.2) is 18.5 Å². The third-order valence-electron chi connectivity index (χ3n) is 4.02. The molecule has 2 unspecified atom stereocenters. The molecule has 2 rings (SSSR count). The molecule has 94 valence electrons. The molecule has 0 saturated heterocycles. The number of hydrogen-bond donors (Lipinski definition) is 2. The predicted octanol–water partition coefficient (Wildman–Crippen LogP) is 1.84. The van der Waals surface area contributed by atoms with E-state index in [1.807, 2.05) is 0 Å². The van der Waals surface area contributed by atoms with Crippen LogP contribution >= 0.6 is 12.4 Å². The van der Waals surface area contributed by atoms with Gasteiger partial charge in [0.2, 0.25) is 5.91 Å². The lowest BCUT2D eigenvalue weighted by atomic mass is 10.0. The SMILES string of the molecule is Cl.NCC1CCCC1NC(=O)C1CCCC1. The average Bonchev–Trinajstić information content (AvgIpc) is 2.87. The molecule has 0 aromatic carbocycles. The quantitative estimate of drug-likeness (QED) is 0.799. The van der Waals surface area contributed by atoms with E-state index in [1.165, 1.54) is 25.7 Å². The normalized spacial score (nSPS) is 30.1. The van der Waals surface area contributed by atoms with E-state index in [1.54, 1.807) is 0 Å².